The average molecular weight is 196 g/mol. The number of anilines is 1. The van der Waals surface area contributed by atoms with Gasteiger partial charge in [0.15, 0.2) is 0 Å². The van der Waals surface area contributed by atoms with Crippen LogP contribution in [0.15, 0.2) is 18.3 Å². The number of rotatable bonds is 6. The minimum Gasteiger partial charge on any atom is -0.394 e. The molecule has 0 saturated carbocycles. The molecule has 0 atom stereocenters. The summed E-state index contributed by atoms with van der Waals surface area (Å²) in [4.78, 5) is 4.09. The fourth-order valence-electron chi connectivity index (χ4n) is 1.09. The van der Waals surface area contributed by atoms with Gasteiger partial charge in [0.25, 0.3) is 0 Å². The molecule has 2 N–H and O–H groups in total. The average Bonchev–Trinajstić information content (AvgIpc) is 2.18. The first kappa shape index (κ1) is 10.9. The third kappa shape index (κ3) is 4.20. The van der Waals surface area contributed by atoms with Crippen LogP contribution in [-0.2, 0) is 4.74 Å². The van der Waals surface area contributed by atoms with Crippen molar-refractivity contribution < 1.29 is 9.84 Å². The van der Waals surface area contributed by atoms with Crippen LogP contribution < -0.4 is 5.32 Å². The normalized spacial score (nSPS) is 10.1. The smallest absolute Gasteiger partial charge is 0.0698 e. The molecule has 0 saturated heterocycles. The number of hydrogen-bond acceptors (Lipinski definition) is 4. The van der Waals surface area contributed by atoms with Crippen LogP contribution in [-0.4, -0.2) is 36.5 Å². The third-order valence-electron chi connectivity index (χ3n) is 1.71. The maximum absolute atomic E-state index is 8.47. The van der Waals surface area contributed by atoms with Crippen LogP contribution in [0.25, 0.3) is 0 Å². The Morgan fingerprint density at radius 1 is 1.50 bits per heavy atom. The minimum absolute atomic E-state index is 0.0777. The van der Waals surface area contributed by atoms with Gasteiger partial charge >= 0.3 is 0 Å². The molecule has 0 unspecified atom stereocenters. The molecule has 0 spiro atoms. The Kier molecular flexibility index (Phi) is 4.96. The van der Waals surface area contributed by atoms with Gasteiger partial charge in [-0.1, -0.05) is 0 Å². The number of ether oxygens (including phenoxy) is 1. The molecule has 0 aliphatic carbocycles. The van der Waals surface area contributed by atoms with Gasteiger partial charge in [0.1, 0.15) is 0 Å². The van der Waals surface area contributed by atoms with Gasteiger partial charge in [-0.3, -0.25) is 4.98 Å². The highest BCUT2D eigenvalue weighted by atomic mass is 16.5. The van der Waals surface area contributed by atoms with Crippen molar-refractivity contribution in [1.29, 1.82) is 0 Å². The molecule has 14 heavy (non-hydrogen) atoms. The summed E-state index contributed by atoms with van der Waals surface area (Å²) in [6.45, 7) is 3.77. The van der Waals surface area contributed by atoms with Gasteiger partial charge in [0.2, 0.25) is 0 Å². The Morgan fingerprint density at radius 3 is 3.07 bits per heavy atom. The second kappa shape index (κ2) is 6.34. The lowest BCUT2D eigenvalue weighted by atomic mass is 10.3. The molecule has 0 bridgehead atoms. The first-order valence-electron chi connectivity index (χ1n) is 4.68. The van der Waals surface area contributed by atoms with Crippen LogP contribution in [0.2, 0.25) is 0 Å². The van der Waals surface area contributed by atoms with Crippen molar-refractivity contribution in [2.45, 2.75) is 6.92 Å². The van der Waals surface area contributed by atoms with E-state index in [-0.39, 0.29) is 6.61 Å². The lowest BCUT2D eigenvalue weighted by molar-refractivity contribution is 0.0992. The Hall–Kier alpha value is -1.13. The van der Waals surface area contributed by atoms with E-state index in [0.29, 0.717) is 13.2 Å². The highest BCUT2D eigenvalue weighted by Gasteiger charge is 1.92. The van der Waals surface area contributed by atoms with E-state index in [1.54, 1.807) is 6.20 Å². The molecule has 1 aromatic rings. The molecule has 0 aliphatic rings. The zero-order valence-corrected chi connectivity index (χ0v) is 8.36. The van der Waals surface area contributed by atoms with Crippen molar-refractivity contribution in [3.63, 3.8) is 0 Å². The first-order chi connectivity index (χ1) is 6.83. The number of aliphatic hydroxyl groups excluding tert-OH is 1. The number of nitrogens with one attached hydrogen (secondary N) is 1. The van der Waals surface area contributed by atoms with Crippen LogP contribution >= 0.6 is 0 Å². The summed E-state index contributed by atoms with van der Waals surface area (Å²) in [5.41, 5.74) is 2.04. The van der Waals surface area contributed by atoms with Gasteiger partial charge in [-0.05, 0) is 19.1 Å². The number of hydrogen-bond donors (Lipinski definition) is 2. The van der Waals surface area contributed by atoms with Crippen molar-refractivity contribution in [3.8, 4) is 0 Å². The number of aryl methyl sites for hydroxylation is 1. The van der Waals surface area contributed by atoms with Gasteiger partial charge in [-0.2, -0.15) is 0 Å². The minimum atomic E-state index is 0.0777. The largest absolute Gasteiger partial charge is 0.394 e. The zero-order chi connectivity index (χ0) is 10.2. The lowest BCUT2D eigenvalue weighted by Crippen LogP contribution is -2.11. The van der Waals surface area contributed by atoms with E-state index < -0.39 is 0 Å². The molecule has 4 nitrogen and oxygen atoms in total. The summed E-state index contributed by atoms with van der Waals surface area (Å²) < 4.78 is 5.11. The first-order valence-corrected chi connectivity index (χ1v) is 4.68. The molecular weight excluding hydrogens is 180 g/mol. The van der Waals surface area contributed by atoms with E-state index in [1.807, 2.05) is 19.1 Å². The molecule has 78 valence electrons. The highest BCUT2D eigenvalue weighted by molar-refractivity contribution is 5.42. The van der Waals surface area contributed by atoms with Crippen molar-refractivity contribution in [2.24, 2.45) is 0 Å². The fourth-order valence-corrected chi connectivity index (χ4v) is 1.09. The van der Waals surface area contributed by atoms with Crippen molar-refractivity contribution in [3.05, 3.63) is 24.0 Å². The number of pyridine rings is 1. The summed E-state index contributed by atoms with van der Waals surface area (Å²) in [6.07, 6.45) is 1.77. The summed E-state index contributed by atoms with van der Waals surface area (Å²) in [7, 11) is 0. The quantitative estimate of drug-likeness (QED) is 0.661. The zero-order valence-electron chi connectivity index (χ0n) is 8.36. The van der Waals surface area contributed by atoms with E-state index in [0.717, 1.165) is 17.9 Å². The molecule has 0 aromatic carbocycles. The second-order valence-electron chi connectivity index (χ2n) is 2.95. The Bertz CT molecular complexity index is 266. The molecule has 0 aliphatic heterocycles. The van der Waals surface area contributed by atoms with E-state index in [9.17, 15) is 0 Å². The topological polar surface area (TPSA) is 54.4 Å². The van der Waals surface area contributed by atoms with Gasteiger partial charge in [-0.15, -0.1) is 0 Å². The Balaban J connectivity index is 2.18. The molecule has 0 amide bonds. The lowest BCUT2D eigenvalue weighted by Gasteiger charge is -2.06. The molecule has 4 heteroatoms. The van der Waals surface area contributed by atoms with Crippen LogP contribution in [0.5, 0.6) is 0 Å². The molecule has 1 aromatic heterocycles. The maximum atomic E-state index is 8.47. The summed E-state index contributed by atoms with van der Waals surface area (Å²) in [5.74, 6) is 0. The van der Waals surface area contributed by atoms with Gasteiger partial charge in [0, 0.05) is 24.1 Å². The summed E-state index contributed by atoms with van der Waals surface area (Å²) >= 11 is 0. The fraction of sp³-hybridized carbons (Fsp3) is 0.500. The predicted octanol–water partition coefficient (Wildman–Crippen LogP) is 0.811. The van der Waals surface area contributed by atoms with E-state index in [4.69, 9.17) is 9.84 Å². The van der Waals surface area contributed by atoms with E-state index in [2.05, 4.69) is 10.3 Å². The highest BCUT2D eigenvalue weighted by Crippen LogP contribution is 2.05. The monoisotopic (exact) mass is 196 g/mol. The molecular formula is C10H16N2O2. The molecule has 0 radical (unpaired) electrons. The van der Waals surface area contributed by atoms with Crippen LogP contribution in [0.4, 0.5) is 5.69 Å². The Morgan fingerprint density at radius 2 is 2.36 bits per heavy atom. The third-order valence-corrected chi connectivity index (χ3v) is 1.71. The second-order valence-corrected chi connectivity index (χ2v) is 2.95. The number of aliphatic hydroxyl groups is 1. The SMILES string of the molecule is Cc1cc(NCCOCCO)ccn1. The van der Waals surface area contributed by atoms with E-state index in [1.165, 1.54) is 0 Å². The Labute approximate surface area is 83.9 Å². The van der Waals surface area contributed by atoms with E-state index >= 15 is 0 Å². The maximum Gasteiger partial charge on any atom is 0.0698 e. The summed E-state index contributed by atoms with van der Waals surface area (Å²) in [6, 6.07) is 3.89. The number of aromatic nitrogens is 1. The number of nitrogens with zero attached hydrogens (tertiary/aromatic N) is 1. The molecule has 0 fully saturated rings. The van der Waals surface area contributed by atoms with Gasteiger partial charge in [-0.25, -0.2) is 0 Å². The van der Waals surface area contributed by atoms with Crippen molar-refractivity contribution in [1.82, 2.24) is 4.98 Å². The molecule has 1 heterocycles. The predicted molar refractivity (Wildman–Crippen MR) is 55.4 cm³/mol. The van der Waals surface area contributed by atoms with Gasteiger partial charge < -0.3 is 15.2 Å². The van der Waals surface area contributed by atoms with Crippen molar-refractivity contribution in [2.75, 3.05) is 31.7 Å². The van der Waals surface area contributed by atoms with Crippen molar-refractivity contribution >= 4 is 5.69 Å². The van der Waals surface area contributed by atoms with Crippen LogP contribution in [0, 0.1) is 6.92 Å². The van der Waals surface area contributed by atoms with Crippen LogP contribution in [0.3, 0.4) is 0 Å². The standard InChI is InChI=1S/C10H16N2O2/c1-9-8-10(2-3-11-9)12-4-6-14-7-5-13/h2-3,8,13H,4-7H2,1H3,(H,11,12). The van der Waals surface area contributed by atoms with Crippen LogP contribution in [0.1, 0.15) is 5.69 Å². The molecule has 1 rings (SSSR count). The summed E-state index contributed by atoms with van der Waals surface area (Å²) in [5, 5.41) is 11.7. The van der Waals surface area contributed by atoms with Gasteiger partial charge in [0.05, 0.1) is 19.8 Å².